The third-order valence-corrected chi connectivity index (χ3v) is 8.89. The van der Waals surface area contributed by atoms with Gasteiger partial charge in [-0.1, -0.05) is 78.9 Å². The molecule has 1 heterocycles. The van der Waals surface area contributed by atoms with Crippen LogP contribution in [0.25, 0.3) is 5.69 Å². The van der Waals surface area contributed by atoms with Crippen molar-refractivity contribution >= 4 is 27.8 Å². The van der Waals surface area contributed by atoms with E-state index >= 15 is 0 Å². The summed E-state index contributed by atoms with van der Waals surface area (Å²) < 4.78 is 31.2. The van der Waals surface area contributed by atoms with Gasteiger partial charge in [0, 0.05) is 22.6 Å². The maximum absolute atomic E-state index is 13.9. The van der Waals surface area contributed by atoms with Crippen LogP contribution < -0.4 is 9.73 Å². The van der Waals surface area contributed by atoms with Crippen molar-refractivity contribution in [3.63, 3.8) is 0 Å². The van der Waals surface area contributed by atoms with Gasteiger partial charge in [-0.25, -0.2) is 13.8 Å². The minimum atomic E-state index is -4.00. The number of aromatic nitrogens is 1. The Labute approximate surface area is 246 Å². The minimum Gasteiger partial charge on any atom is -0.318 e. The van der Waals surface area contributed by atoms with E-state index in [2.05, 4.69) is 34.2 Å². The van der Waals surface area contributed by atoms with E-state index < -0.39 is 15.9 Å². The summed E-state index contributed by atoms with van der Waals surface area (Å²) in [5, 5.41) is 4.25. The molecule has 0 saturated heterocycles. The highest BCUT2D eigenvalue weighted by Crippen LogP contribution is 2.29. The fourth-order valence-electron chi connectivity index (χ4n) is 4.98. The van der Waals surface area contributed by atoms with Crippen LogP contribution in [0, 0.1) is 20.8 Å². The van der Waals surface area contributed by atoms with Crippen LogP contribution >= 0.6 is 0 Å². The molecule has 0 aliphatic rings. The SMILES string of the molecule is Cc1ccccc1-n1c(C)cc(/C=N/NC(=O)c2ccccc2N(Cc2ccccc2)S(=O)(=O)c2ccccc2)c1C. The average molecular weight is 577 g/mol. The normalized spacial score (nSPS) is 11.5. The zero-order valence-corrected chi connectivity index (χ0v) is 24.5. The molecule has 1 amide bonds. The number of carbonyl (C=O) groups excluding carboxylic acids is 1. The molecular weight excluding hydrogens is 544 g/mol. The van der Waals surface area contributed by atoms with Crippen molar-refractivity contribution in [1.29, 1.82) is 0 Å². The Bertz CT molecular complexity index is 1850. The second-order valence-electron chi connectivity index (χ2n) is 9.97. The van der Waals surface area contributed by atoms with Crippen molar-refractivity contribution in [3.8, 4) is 5.69 Å². The van der Waals surface area contributed by atoms with Crippen molar-refractivity contribution in [2.75, 3.05) is 4.31 Å². The van der Waals surface area contributed by atoms with Gasteiger partial charge in [-0.2, -0.15) is 5.10 Å². The van der Waals surface area contributed by atoms with Gasteiger partial charge in [0.1, 0.15) is 0 Å². The van der Waals surface area contributed by atoms with Gasteiger partial charge in [0.15, 0.2) is 0 Å². The van der Waals surface area contributed by atoms with E-state index in [-0.39, 0.29) is 22.7 Å². The topological polar surface area (TPSA) is 83.8 Å². The molecule has 42 heavy (non-hydrogen) atoms. The van der Waals surface area contributed by atoms with Gasteiger partial charge in [0.05, 0.1) is 28.9 Å². The van der Waals surface area contributed by atoms with Crippen LogP contribution in [0.3, 0.4) is 0 Å². The molecule has 212 valence electrons. The highest BCUT2D eigenvalue weighted by molar-refractivity contribution is 7.92. The van der Waals surface area contributed by atoms with E-state index in [4.69, 9.17) is 0 Å². The van der Waals surface area contributed by atoms with E-state index in [0.717, 1.165) is 33.8 Å². The Morgan fingerprint density at radius 3 is 2.17 bits per heavy atom. The third kappa shape index (κ3) is 5.89. The minimum absolute atomic E-state index is 0.0521. The molecule has 0 atom stereocenters. The summed E-state index contributed by atoms with van der Waals surface area (Å²) in [5.41, 5.74) is 8.97. The summed E-state index contributed by atoms with van der Waals surface area (Å²) in [4.78, 5) is 13.6. The van der Waals surface area contributed by atoms with Crippen molar-refractivity contribution < 1.29 is 13.2 Å². The number of aryl methyl sites for hydroxylation is 2. The number of hydrogen-bond donors (Lipinski definition) is 1. The second-order valence-corrected chi connectivity index (χ2v) is 11.8. The van der Waals surface area contributed by atoms with Gasteiger partial charge in [-0.3, -0.25) is 9.10 Å². The summed E-state index contributed by atoms with van der Waals surface area (Å²) in [5.74, 6) is -0.518. The zero-order valence-electron chi connectivity index (χ0n) is 23.7. The second kappa shape index (κ2) is 12.3. The predicted octanol–water partition coefficient (Wildman–Crippen LogP) is 6.56. The van der Waals surface area contributed by atoms with Crippen molar-refractivity contribution in [2.24, 2.45) is 5.10 Å². The largest absolute Gasteiger partial charge is 0.318 e. The van der Waals surface area contributed by atoms with Crippen molar-refractivity contribution in [1.82, 2.24) is 9.99 Å². The Balaban J connectivity index is 1.45. The molecule has 7 nitrogen and oxygen atoms in total. The molecule has 0 aliphatic carbocycles. The van der Waals surface area contributed by atoms with Crippen LogP contribution in [0.15, 0.2) is 125 Å². The molecule has 8 heteroatoms. The smallest absolute Gasteiger partial charge is 0.273 e. The Kier molecular flexibility index (Phi) is 8.36. The van der Waals surface area contributed by atoms with Gasteiger partial charge >= 0.3 is 0 Å². The number of nitrogens with one attached hydrogen (secondary N) is 1. The first-order valence-corrected chi connectivity index (χ1v) is 15.0. The predicted molar refractivity (Wildman–Crippen MR) is 168 cm³/mol. The van der Waals surface area contributed by atoms with E-state index in [9.17, 15) is 13.2 Å². The number of benzene rings is 4. The molecule has 0 saturated carbocycles. The highest BCUT2D eigenvalue weighted by atomic mass is 32.2. The molecule has 0 fully saturated rings. The Morgan fingerprint density at radius 1 is 0.833 bits per heavy atom. The fraction of sp³-hybridized carbons (Fsp3) is 0.118. The summed E-state index contributed by atoms with van der Waals surface area (Å²) in [6.07, 6.45) is 1.61. The monoisotopic (exact) mass is 576 g/mol. The lowest BCUT2D eigenvalue weighted by molar-refractivity contribution is 0.0955. The standard InChI is InChI=1S/C34H32N4O3S/c1-25-14-10-12-20-32(25)38-26(2)22-29(27(38)3)23-35-36-34(39)31-19-11-13-21-33(31)37(24-28-15-6-4-7-16-28)42(40,41)30-17-8-5-9-18-30/h4-23H,24H2,1-3H3,(H,36,39)/b35-23+. The lowest BCUT2D eigenvalue weighted by Crippen LogP contribution is -2.33. The van der Waals surface area contributed by atoms with Gasteiger partial charge in [0.25, 0.3) is 15.9 Å². The van der Waals surface area contributed by atoms with Crippen LogP contribution in [-0.2, 0) is 16.6 Å². The number of anilines is 1. The van der Waals surface area contributed by atoms with Crippen molar-refractivity contribution in [2.45, 2.75) is 32.2 Å². The number of para-hydroxylation sites is 2. The van der Waals surface area contributed by atoms with E-state index in [1.807, 2.05) is 62.4 Å². The molecular formula is C34H32N4O3S. The van der Waals surface area contributed by atoms with E-state index in [0.29, 0.717) is 0 Å². The van der Waals surface area contributed by atoms with Gasteiger partial charge in [-0.05, 0) is 68.3 Å². The van der Waals surface area contributed by atoms with Gasteiger partial charge < -0.3 is 4.57 Å². The molecule has 1 N–H and O–H groups in total. The van der Waals surface area contributed by atoms with Crippen molar-refractivity contribution in [3.05, 3.63) is 149 Å². The first-order valence-electron chi connectivity index (χ1n) is 13.6. The highest BCUT2D eigenvalue weighted by Gasteiger charge is 2.28. The molecule has 0 spiro atoms. The van der Waals surface area contributed by atoms with Crippen LogP contribution in [0.2, 0.25) is 0 Å². The van der Waals surface area contributed by atoms with Gasteiger partial charge in [0.2, 0.25) is 0 Å². The number of rotatable bonds is 9. The van der Waals surface area contributed by atoms with E-state index in [1.54, 1.807) is 60.8 Å². The quantitative estimate of drug-likeness (QED) is 0.159. The first-order chi connectivity index (χ1) is 20.3. The Morgan fingerprint density at radius 2 is 1.45 bits per heavy atom. The number of hydrazone groups is 1. The number of sulfonamides is 1. The Hall–Kier alpha value is -4.95. The number of carbonyl (C=O) groups is 1. The van der Waals surface area contributed by atoms with Gasteiger partial charge in [-0.15, -0.1) is 0 Å². The van der Waals surface area contributed by atoms with Crippen LogP contribution in [-0.4, -0.2) is 25.1 Å². The lowest BCUT2D eigenvalue weighted by atomic mass is 10.1. The van der Waals surface area contributed by atoms with Crippen LogP contribution in [0.5, 0.6) is 0 Å². The molecule has 5 aromatic rings. The average Bonchev–Trinajstić information content (AvgIpc) is 3.29. The molecule has 0 aliphatic heterocycles. The fourth-order valence-corrected chi connectivity index (χ4v) is 6.47. The number of amides is 1. The summed E-state index contributed by atoms with van der Waals surface area (Å²) in [7, 11) is -4.00. The van der Waals surface area contributed by atoms with Crippen LogP contribution in [0.4, 0.5) is 5.69 Å². The summed E-state index contributed by atoms with van der Waals surface area (Å²) >= 11 is 0. The maximum Gasteiger partial charge on any atom is 0.273 e. The number of nitrogens with zero attached hydrogens (tertiary/aromatic N) is 3. The van der Waals surface area contributed by atoms with E-state index in [1.165, 1.54) is 4.31 Å². The lowest BCUT2D eigenvalue weighted by Gasteiger charge is -2.26. The first kappa shape index (κ1) is 28.6. The zero-order chi connectivity index (χ0) is 29.7. The molecule has 1 aromatic heterocycles. The number of hydrogen-bond acceptors (Lipinski definition) is 4. The molecule has 0 unspecified atom stereocenters. The molecule has 4 aromatic carbocycles. The maximum atomic E-state index is 13.9. The molecule has 0 radical (unpaired) electrons. The summed E-state index contributed by atoms with van der Waals surface area (Å²) in [6.45, 7) is 6.16. The summed E-state index contributed by atoms with van der Waals surface area (Å²) in [6, 6.07) is 34.3. The third-order valence-electron chi connectivity index (χ3n) is 7.11. The molecule has 0 bridgehead atoms. The molecule has 5 rings (SSSR count). The van der Waals surface area contributed by atoms with Crippen LogP contribution in [0.1, 0.15) is 38.4 Å².